The Morgan fingerprint density at radius 3 is 2.38 bits per heavy atom. The maximum Gasteiger partial charge on any atom is 0.221 e. The Balaban J connectivity index is 1.62. The van der Waals surface area contributed by atoms with E-state index in [1.807, 2.05) is 6.07 Å². The summed E-state index contributed by atoms with van der Waals surface area (Å²) in [7, 11) is -3.76. The van der Waals surface area contributed by atoms with Crippen LogP contribution in [0, 0.1) is 11.6 Å². The number of sulfonamides is 1. The van der Waals surface area contributed by atoms with Crippen LogP contribution in [0.1, 0.15) is 67.4 Å². The lowest BCUT2D eigenvalue weighted by Crippen LogP contribution is -2.45. The monoisotopic (exact) mass is 464 g/mol. The van der Waals surface area contributed by atoms with Gasteiger partial charge in [0.15, 0.2) is 0 Å². The summed E-state index contributed by atoms with van der Waals surface area (Å²) < 4.78 is 58.1. The fourth-order valence-corrected chi connectivity index (χ4v) is 7.16. The zero-order valence-corrected chi connectivity index (χ0v) is 19.0. The molecule has 1 saturated heterocycles. The third-order valence-electron chi connectivity index (χ3n) is 7.02. The van der Waals surface area contributed by atoms with E-state index in [1.165, 1.54) is 4.31 Å². The summed E-state index contributed by atoms with van der Waals surface area (Å²) in [6.07, 6.45) is 2.70. The predicted molar refractivity (Wildman–Crippen MR) is 119 cm³/mol. The van der Waals surface area contributed by atoms with Crippen molar-refractivity contribution < 1.29 is 22.3 Å². The van der Waals surface area contributed by atoms with E-state index in [0.29, 0.717) is 31.2 Å². The first-order chi connectivity index (χ1) is 15.1. The van der Waals surface area contributed by atoms with Crippen molar-refractivity contribution in [3.63, 3.8) is 0 Å². The van der Waals surface area contributed by atoms with Crippen LogP contribution in [0.15, 0.2) is 42.5 Å². The van der Waals surface area contributed by atoms with Crippen molar-refractivity contribution in [3.05, 3.63) is 70.8 Å². The molecule has 0 bridgehead atoms. The normalized spacial score (nSPS) is 30.8. The molecule has 1 aliphatic carbocycles. The average molecular weight is 465 g/mol. The van der Waals surface area contributed by atoms with Gasteiger partial charge in [-0.3, -0.25) is 0 Å². The summed E-state index contributed by atoms with van der Waals surface area (Å²) in [5, 5.41) is 10.2. The second-order valence-corrected chi connectivity index (χ2v) is 11.3. The Bertz CT molecular complexity index is 1070. The van der Waals surface area contributed by atoms with Crippen molar-refractivity contribution >= 4 is 10.0 Å². The van der Waals surface area contributed by atoms with Gasteiger partial charge in [0.1, 0.15) is 16.9 Å². The smallest absolute Gasteiger partial charge is 0.221 e. The van der Waals surface area contributed by atoms with E-state index < -0.39 is 32.5 Å². The lowest BCUT2D eigenvalue weighted by atomic mass is 9.77. The summed E-state index contributed by atoms with van der Waals surface area (Å²) in [6.45, 7) is 1.54. The highest BCUT2D eigenvalue weighted by atomic mass is 32.2. The molecular formula is C24H30F2N2O3S. The molecule has 1 saturated carbocycles. The molecule has 4 rings (SSSR count). The molecule has 5 nitrogen and oxygen atoms in total. The second-order valence-electron chi connectivity index (χ2n) is 9.21. The van der Waals surface area contributed by atoms with Gasteiger partial charge in [-0.15, -0.1) is 0 Å². The van der Waals surface area contributed by atoms with Gasteiger partial charge < -0.3 is 10.8 Å². The Morgan fingerprint density at radius 2 is 1.72 bits per heavy atom. The summed E-state index contributed by atoms with van der Waals surface area (Å²) in [5.41, 5.74) is 5.01. The molecule has 32 heavy (non-hydrogen) atoms. The topological polar surface area (TPSA) is 83.6 Å². The summed E-state index contributed by atoms with van der Waals surface area (Å²) >= 11 is 0. The summed E-state index contributed by atoms with van der Waals surface area (Å²) in [6, 6.07) is 10.7. The number of nitrogens with two attached hydrogens (primary N) is 1. The van der Waals surface area contributed by atoms with Gasteiger partial charge in [0, 0.05) is 29.8 Å². The minimum Gasteiger partial charge on any atom is -0.385 e. The number of halogens is 2. The molecule has 3 N–H and O–H groups in total. The standard InChI is InChI=1S/C24H30F2N2O3S/c1-16-7-8-23(17-5-3-2-4-6-17)32(30,31)28(16)15-18-13-22(26)20(14-21(18)25)24(29)11-9-19(27)10-12-24/h2-6,13-14,16,19,23,29H,7-12,15,27H2,1H3/t16-,19?,23?,24?/m0/s1. The van der Waals surface area contributed by atoms with E-state index in [0.717, 1.165) is 12.1 Å². The Labute approximate surface area is 188 Å². The van der Waals surface area contributed by atoms with E-state index >= 15 is 8.78 Å². The molecule has 0 amide bonds. The highest BCUT2D eigenvalue weighted by Crippen LogP contribution is 2.40. The Morgan fingerprint density at radius 1 is 1.06 bits per heavy atom. The quantitative estimate of drug-likeness (QED) is 0.713. The highest BCUT2D eigenvalue weighted by molar-refractivity contribution is 7.89. The van der Waals surface area contributed by atoms with Crippen molar-refractivity contribution in [2.24, 2.45) is 5.73 Å². The molecule has 8 heteroatoms. The molecule has 174 valence electrons. The van der Waals surface area contributed by atoms with Crippen molar-refractivity contribution in [2.45, 2.75) is 74.9 Å². The van der Waals surface area contributed by atoms with Gasteiger partial charge in [-0.1, -0.05) is 30.3 Å². The molecule has 0 spiro atoms. The van der Waals surface area contributed by atoms with Crippen LogP contribution >= 0.6 is 0 Å². The molecule has 1 unspecified atom stereocenters. The minimum atomic E-state index is -3.76. The fourth-order valence-electron chi connectivity index (χ4n) is 4.97. The average Bonchev–Trinajstić information content (AvgIpc) is 2.76. The number of rotatable bonds is 4. The molecule has 2 atom stereocenters. The second kappa shape index (κ2) is 8.82. The number of nitrogens with zero attached hydrogens (tertiary/aromatic N) is 1. The van der Waals surface area contributed by atoms with E-state index in [4.69, 9.17) is 5.73 Å². The van der Waals surface area contributed by atoms with E-state index in [-0.39, 0.29) is 42.6 Å². The maximum atomic E-state index is 15.1. The molecule has 1 aliphatic heterocycles. The van der Waals surface area contributed by atoms with Crippen LogP contribution in [0.25, 0.3) is 0 Å². The zero-order chi connectivity index (χ0) is 23.1. The highest BCUT2D eigenvalue weighted by Gasteiger charge is 2.41. The SMILES string of the molecule is C[C@H]1CCC(c2ccccc2)S(=O)(=O)N1Cc1cc(F)c(C2(O)CCC(N)CC2)cc1F. The first-order valence-corrected chi connectivity index (χ1v) is 12.6. The molecular weight excluding hydrogens is 434 g/mol. The van der Waals surface area contributed by atoms with Crippen molar-refractivity contribution in [3.8, 4) is 0 Å². The number of aliphatic hydroxyl groups is 1. The van der Waals surface area contributed by atoms with Crippen molar-refractivity contribution in [2.75, 3.05) is 0 Å². The third kappa shape index (κ3) is 4.33. The van der Waals surface area contributed by atoms with Crippen LogP contribution in [-0.4, -0.2) is 29.9 Å². The van der Waals surface area contributed by atoms with Gasteiger partial charge >= 0.3 is 0 Å². The van der Waals surface area contributed by atoms with Crippen LogP contribution in [0.3, 0.4) is 0 Å². The summed E-state index contributed by atoms with van der Waals surface area (Å²) in [4.78, 5) is 0. The first kappa shape index (κ1) is 23.3. The van der Waals surface area contributed by atoms with Crippen LogP contribution in [0.2, 0.25) is 0 Å². The Kier molecular flexibility index (Phi) is 6.42. The van der Waals surface area contributed by atoms with Gasteiger partial charge in [-0.05, 0) is 63.1 Å². The zero-order valence-electron chi connectivity index (χ0n) is 18.2. The van der Waals surface area contributed by atoms with E-state index in [2.05, 4.69) is 0 Å². The molecule has 1 heterocycles. The van der Waals surface area contributed by atoms with Gasteiger partial charge in [0.05, 0.1) is 5.60 Å². The Hall–Kier alpha value is -1.87. The van der Waals surface area contributed by atoms with Crippen molar-refractivity contribution in [1.29, 1.82) is 0 Å². The van der Waals surface area contributed by atoms with Crippen molar-refractivity contribution in [1.82, 2.24) is 4.31 Å². The van der Waals surface area contributed by atoms with Crippen LogP contribution < -0.4 is 5.73 Å². The van der Waals surface area contributed by atoms with Gasteiger partial charge in [-0.25, -0.2) is 17.2 Å². The lowest BCUT2D eigenvalue weighted by Gasteiger charge is -2.38. The van der Waals surface area contributed by atoms with Gasteiger partial charge in [0.2, 0.25) is 10.0 Å². The number of hydrogen-bond donors (Lipinski definition) is 2. The van der Waals surface area contributed by atoms with Crippen LogP contribution in [-0.2, 0) is 22.2 Å². The predicted octanol–water partition coefficient (Wildman–Crippen LogP) is 4.11. The van der Waals surface area contributed by atoms with Crippen LogP contribution in [0.5, 0.6) is 0 Å². The van der Waals surface area contributed by atoms with Gasteiger partial charge in [-0.2, -0.15) is 4.31 Å². The molecule has 0 aromatic heterocycles. The largest absolute Gasteiger partial charge is 0.385 e. The van der Waals surface area contributed by atoms with Crippen LogP contribution in [0.4, 0.5) is 8.78 Å². The van der Waals surface area contributed by atoms with E-state index in [1.54, 1.807) is 31.2 Å². The summed E-state index contributed by atoms with van der Waals surface area (Å²) in [5.74, 6) is -1.44. The molecule has 2 fully saturated rings. The molecule has 0 radical (unpaired) electrons. The minimum absolute atomic E-state index is 0.0357. The molecule has 2 aromatic carbocycles. The van der Waals surface area contributed by atoms with E-state index in [9.17, 15) is 13.5 Å². The number of hydrogen-bond acceptors (Lipinski definition) is 4. The maximum absolute atomic E-state index is 15.1. The number of benzene rings is 2. The third-order valence-corrected chi connectivity index (χ3v) is 9.39. The molecule has 2 aromatic rings. The van der Waals surface area contributed by atoms with Gasteiger partial charge in [0.25, 0.3) is 0 Å². The fraction of sp³-hybridized carbons (Fsp3) is 0.500. The molecule has 2 aliphatic rings. The first-order valence-electron chi connectivity index (χ1n) is 11.1. The lowest BCUT2D eigenvalue weighted by molar-refractivity contribution is -0.00831.